The average Bonchev–Trinajstić information content (AvgIpc) is 3.30. The van der Waals surface area contributed by atoms with Crippen molar-refractivity contribution in [1.82, 2.24) is 15.5 Å². The van der Waals surface area contributed by atoms with Crippen LogP contribution in [0.3, 0.4) is 0 Å². The van der Waals surface area contributed by atoms with E-state index in [4.69, 9.17) is 4.99 Å². The van der Waals surface area contributed by atoms with Gasteiger partial charge in [-0.25, -0.2) is 9.38 Å². The molecule has 0 aromatic heterocycles. The topological polar surface area (TPSA) is 73.8 Å². The second-order valence-corrected chi connectivity index (χ2v) is 10.2. The highest BCUT2D eigenvalue weighted by Gasteiger charge is 2.57. The molecule has 2 amide bonds. The third-order valence-corrected chi connectivity index (χ3v) is 7.94. The first-order valence-corrected chi connectivity index (χ1v) is 12.0. The van der Waals surface area contributed by atoms with Crippen molar-refractivity contribution in [2.75, 3.05) is 13.6 Å². The summed E-state index contributed by atoms with van der Waals surface area (Å²) < 4.78 is 14.3. The minimum Gasteiger partial charge on any atom is -0.354 e. The molecule has 6 nitrogen and oxygen atoms in total. The Hall–Kier alpha value is -3.74. The summed E-state index contributed by atoms with van der Waals surface area (Å²) >= 11 is 0. The van der Waals surface area contributed by atoms with Crippen molar-refractivity contribution in [1.29, 1.82) is 0 Å². The lowest BCUT2D eigenvalue weighted by Crippen LogP contribution is -2.59. The molecule has 3 heterocycles. The fourth-order valence-electron chi connectivity index (χ4n) is 6.20. The number of nitrogens with zero attached hydrogens (tertiary/aromatic N) is 2. The van der Waals surface area contributed by atoms with Crippen LogP contribution in [-0.2, 0) is 9.59 Å². The molecule has 0 radical (unpaired) electrons. The van der Waals surface area contributed by atoms with E-state index >= 15 is 0 Å². The molecule has 1 aliphatic carbocycles. The van der Waals surface area contributed by atoms with Gasteiger partial charge in [0, 0.05) is 19.0 Å². The van der Waals surface area contributed by atoms with Crippen molar-refractivity contribution in [3.63, 3.8) is 0 Å². The number of hydrogen-bond acceptors (Lipinski definition) is 4. The van der Waals surface area contributed by atoms with Crippen LogP contribution in [0.4, 0.5) is 4.39 Å². The fourth-order valence-corrected chi connectivity index (χ4v) is 6.20. The third kappa shape index (κ3) is 3.17. The summed E-state index contributed by atoms with van der Waals surface area (Å²) in [5, 5.41) is 7.58. The molecule has 7 rings (SSSR count). The predicted octanol–water partition coefficient (Wildman–Crippen LogP) is 4.11. The van der Waals surface area contributed by atoms with Gasteiger partial charge in [0.25, 0.3) is 0 Å². The smallest absolute Gasteiger partial charge is 0.235 e. The molecule has 4 atom stereocenters. The number of piperidine rings is 1. The number of aryl methyl sites for hydroxylation is 1. The third-order valence-electron chi connectivity index (χ3n) is 7.94. The van der Waals surface area contributed by atoms with Gasteiger partial charge in [0.15, 0.2) is 5.96 Å². The zero-order valence-corrected chi connectivity index (χ0v) is 19.9. The monoisotopic (exact) mass is 470 g/mol. The molecule has 1 fully saturated rings. The van der Waals surface area contributed by atoms with Gasteiger partial charge in [0.05, 0.1) is 23.4 Å². The molecule has 4 aliphatic rings. The van der Waals surface area contributed by atoms with Crippen LogP contribution in [-0.4, -0.2) is 36.3 Å². The first-order chi connectivity index (χ1) is 16.8. The van der Waals surface area contributed by atoms with Crippen LogP contribution in [0.5, 0.6) is 0 Å². The van der Waals surface area contributed by atoms with Crippen molar-refractivity contribution in [3.8, 4) is 0 Å². The predicted molar refractivity (Wildman–Crippen MR) is 132 cm³/mol. The first kappa shape index (κ1) is 21.8. The minimum atomic E-state index is -0.791. The van der Waals surface area contributed by atoms with Crippen LogP contribution < -0.4 is 10.6 Å². The summed E-state index contributed by atoms with van der Waals surface area (Å²) in [6, 6.07) is 16.2. The summed E-state index contributed by atoms with van der Waals surface area (Å²) in [6.07, 6.45) is 0.461. The molecule has 3 aliphatic heterocycles. The molecule has 3 aromatic rings. The van der Waals surface area contributed by atoms with Crippen molar-refractivity contribution in [2.24, 2.45) is 10.4 Å². The number of likely N-dealkylation sites (N-methyl/N-ethyl adjacent to an activating group) is 1. The molecule has 2 bridgehead atoms. The van der Waals surface area contributed by atoms with Crippen LogP contribution in [0.2, 0.25) is 0 Å². The summed E-state index contributed by atoms with van der Waals surface area (Å²) in [7, 11) is 1.79. The molecule has 35 heavy (non-hydrogen) atoms. The maximum atomic E-state index is 14.3. The SMILES string of the molecule is Cc1ccc2c(c1)C1CC(C)(C(=O)NC3=NC(c4ccc(F)c5ccccc45)CN3)C2N(C)C1=O. The van der Waals surface area contributed by atoms with E-state index < -0.39 is 5.41 Å². The highest BCUT2D eigenvalue weighted by Crippen LogP contribution is 2.56. The van der Waals surface area contributed by atoms with Gasteiger partial charge in [-0.2, -0.15) is 0 Å². The standard InChI is InChI=1S/C28H27FN4O2/c1-15-8-9-19-20(12-15)21-13-28(2,24(19)33(3)25(21)34)26(35)32-27-30-14-23(31-27)18-10-11-22(29)17-7-5-4-6-16(17)18/h4-12,21,23-24H,13-14H2,1-3H3,(H2,30,31,32,35). The van der Waals surface area contributed by atoms with Gasteiger partial charge < -0.3 is 10.2 Å². The maximum Gasteiger partial charge on any atom is 0.235 e. The highest BCUT2D eigenvalue weighted by molar-refractivity contribution is 6.02. The number of hydrogen-bond donors (Lipinski definition) is 2. The molecule has 178 valence electrons. The molecular formula is C28H27FN4O2. The number of carbonyl (C=O) groups excluding carboxylic acids is 2. The van der Waals surface area contributed by atoms with Gasteiger partial charge in [0.1, 0.15) is 5.82 Å². The number of fused-ring (bicyclic) bond motifs is 3. The summed E-state index contributed by atoms with van der Waals surface area (Å²) in [4.78, 5) is 33.1. The zero-order chi connectivity index (χ0) is 24.5. The van der Waals surface area contributed by atoms with Gasteiger partial charge in [-0.3, -0.25) is 14.9 Å². The lowest BCUT2D eigenvalue weighted by atomic mass is 9.60. The van der Waals surface area contributed by atoms with Crippen LogP contribution >= 0.6 is 0 Å². The van der Waals surface area contributed by atoms with Gasteiger partial charge in [0.2, 0.25) is 11.8 Å². The molecule has 2 N–H and O–H groups in total. The molecule has 7 heteroatoms. The van der Waals surface area contributed by atoms with Gasteiger partial charge >= 0.3 is 0 Å². The zero-order valence-electron chi connectivity index (χ0n) is 19.9. The highest BCUT2D eigenvalue weighted by atomic mass is 19.1. The summed E-state index contributed by atoms with van der Waals surface area (Å²) in [6.45, 7) is 4.47. The average molecular weight is 471 g/mol. The number of carbonyl (C=O) groups is 2. The van der Waals surface area contributed by atoms with E-state index in [9.17, 15) is 14.0 Å². The van der Waals surface area contributed by atoms with E-state index in [1.165, 1.54) is 6.07 Å². The number of benzene rings is 3. The van der Waals surface area contributed by atoms with E-state index in [-0.39, 0.29) is 35.6 Å². The Labute approximate surface area is 203 Å². The number of amides is 2. The number of nitrogens with one attached hydrogen (secondary N) is 2. The van der Waals surface area contributed by atoms with Crippen molar-refractivity contribution < 1.29 is 14.0 Å². The second kappa shape index (κ2) is 7.63. The molecule has 3 aromatic carbocycles. The minimum absolute atomic E-state index is 0.0676. The lowest BCUT2D eigenvalue weighted by molar-refractivity contribution is -0.152. The number of guanidine groups is 1. The summed E-state index contributed by atoms with van der Waals surface area (Å²) in [5.74, 6) is -0.268. The van der Waals surface area contributed by atoms with Crippen LogP contribution in [0.25, 0.3) is 10.8 Å². The molecule has 0 saturated carbocycles. The van der Waals surface area contributed by atoms with Crippen molar-refractivity contribution >= 4 is 28.5 Å². The Bertz CT molecular complexity index is 1430. The normalized spacial score (nSPS) is 27.0. The van der Waals surface area contributed by atoms with Gasteiger partial charge in [-0.05, 0) is 48.4 Å². The molecule has 4 unspecified atom stereocenters. The van der Waals surface area contributed by atoms with E-state index in [0.29, 0.717) is 24.3 Å². The number of aliphatic imine (C=N–C) groups is 1. The Kier molecular flexibility index (Phi) is 4.75. The summed E-state index contributed by atoms with van der Waals surface area (Å²) in [5.41, 5.74) is 3.32. The van der Waals surface area contributed by atoms with E-state index in [0.717, 1.165) is 27.6 Å². The van der Waals surface area contributed by atoms with E-state index in [1.54, 1.807) is 24.1 Å². The van der Waals surface area contributed by atoms with Gasteiger partial charge in [-0.15, -0.1) is 0 Å². The lowest BCUT2D eigenvalue weighted by Gasteiger charge is -2.53. The van der Waals surface area contributed by atoms with Crippen LogP contribution in [0.15, 0.2) is 59.6 Å². The largest absolute Gasteiger partial charge is 0.354 e. The maximum absolute atomic E-state index is 14.3. The van der Waals surface area contributed by atoms with Crippen LogP contribution in [0.1, 0.15) is 53.6 Å². The van der Waals surface area contributed by atoms with E-state index in [2.05, 4.69) is 22.8 Å². The Morgan fingerprint density at radius 3 is 2.66 bits per heavy atom. The van der Waals surface area contributed by atoms with E-state index in [1.807, 2.05) is 38.1 Å². The van der Waals surface area contributed by atoms with Gasteiger partial charge in [-0.1, -0.05) is 54.1 Å². The second-order valence-electron chi connectivity index (χ2n) is 10.2. The molecule has 1 saturated heterocycles. The van der Waals surface area contributed by atoms with Crippen molar-refractivity contribution in [3.05, 3.63) is 82.7 Å². The Morgan fingerprint density at radius 1 is 1.11 bits per heavy atom. The van der Waals surface area contributed by atoms with Crippen LogP contribution in [0, 0.1) is 18.2 Å². The fraction of sp³-hybridized carbons (Fsp3) is 0.321. The Morgan fingerprint density at radius 2 is 1.86 bits per heavy atom. The molecular weight excluding hydrogens is 443 g/mol. The van der Waals surface area contributed by atoms with Crippen molar-refractivity contribution in [2.45, 2.75) is 38.3 Å². The number of halogens is 1. The molecule has 0 spiro atoms. The Balaban J connectivity index is 1.29. The first-order valence-electron chi connectivity index (χ1n) is 12.0. The number of rotatable bonds is 2. The quantitative estimate of drug-likeness (QED) is 0.592.